The van der Waals surface area contributed by atoms with Gasteiger partial charge >= 0.3 is 0 Å². The summed E-state index contributed by atoms with van der Waals surface area (Å²) in [6.45, 7) is 2.24. The largest absolute Gasteiger partial charge is 0.497 e. The number of nitrogens with one attached hydrogen (secondary N) is 2. The van der Waals surface area contributed by atoms with Gasteiger partial charge < -0.3 is 25.0 Å². The Morgan fingerprint density at radius 1 is 1.03 bits per heavy atom. The van der Waals surface area contributed by atoms with Gasteiger partial charge in [0.2, 0.25) is 17.7 Å². The number of hydrogen-bond donors (Lipinski definition) is 2. The van der Waals surface area contributed by atoms with Crippen LogP contribution in [0.2, 0.25) is 0 Å². The molecule has 8 heteroatoms. The van der Waals surface area contributed by atoms with Crippen LogP contribution in [0.3, 0.4) is 0 Å². The molecule has 1 unspecified atom stereocenters. The van der Waals surface area contributed by atoms with Crippen molar-refractivity contribution in [3.63, 3.8) is 0 Å². The van der Waals surface area contributed by atoms with Crippen molar-refractivity contribution in [2.45, 2.75) is 25.9 Å². The Morgan fingerprint density at radius 3 is 2.19 bits per heavy atom. The van der Waals surface area contributed by atoms with Crippen molar-refractivity contribution in [3.8, 4) is 11.5 Å². The van der Waals surface area contributed by atoms with Crippen molar-refractivity contribution in [2.75, 3.05) is 25.7 Å². The highest BCUT2D eigenvalue weighted by molar-refractivity contribution is 6.01. The predicted octanol–water partition coefficient (Wildman–Crippen LogP) is 1.88. The Kier molecular flexibility index (Phi) is 7.12. The van der Waals surface area contributed by atoms with Gasteiger partial charge in [-0.05, 0) is 48.9 Å². The van der Waals surface area contributed by atoms with Crippen molar-refractivity contribution in [3.05, 3.63) is 54.1 Å². The molecule has 0 spiro atoms. The molecule has 1 saturated heterocycles. The number of rotatable bonds is 8. The van der Waals surface area contributed by atoms with Gasteiger partial charge in [-0.1, -0.05) is 12.1 Å². The van der Waals surface area contributed by atoms with Crippen LogP contribution >= 0.6 is 0 Å². The molecule has 1 aliphatic rings. The summed E-state index contributed by atoms with van der Waals surface area (Å²) in [6.07, 6.45) is 0.109. The van der Waals surface area contributed by atoms with Crippen LogP contribution in [0, 0.1) is 5.92 Å². The smallest absolute Gasteiger partial charge is 0.242 e. The third-order valence-corrected chi connectivity index (χ3v) is 5.26. The van der Waals surface area contributed by atoms with Crippen LogP contribution in [0.15, 0.2) is 48.5 Å². The maximum atomic E-state index is 12.6. The van der Waals surface area contributed by atoms with Crippen LogP contribution in [-0.4, -0.2) is 44.5 Å². The van der Waals surface area contributed by atoms with Crippen molar-refractivity contribution in [1.29, 1.82) is 0 Å². The SMILES string of the molecule is COc1ccc(CNC(=O)[C@@H](C)NC(=O)C2CC(=O)N(c3ccc(OC)cc3)C2)cc1. The highest BCUT2D eigenvalue weighted by Gasteiger charge is 2.36. The number of hydrogen-bond acceptors (Lipinski definition) is 5. The highest BCUT2D eigenvalue weighted by atomic mass is 16.5. The summed E-state index contributed by atoms with van der Waals surface area (Å²) < 4.78 is 10.2. The van der Waals surface area contributed by atoms with E-state index in [4.69, 9.17) is 9.47 Å². The molecule has 2 aromatic rings. The zero-order valence-electron chi connectivity index (χ0n) is 17.9. The number of carbonyl (C=O) groups is 3. The standard InChI is InChI=1S/C23H27N3O5/c1-15(22(28)24-13-16-4-8-19(30-2)9-5-16)25-23(29)17-12-21(27)26(14-17)18-6-10-20(31-3)11-7-18/h4-11,15,17H,12-14H2,1-3H3,(H,24,28)(H,25,29)/t15-,17?/m1/s1. The normalized spacial score (nSPS) is 16.5. The first kappa shape index (κ1) is 22.1. The molecule has 1 aliphatic heterocycles. The summed E-state index contributed by atoms with van der Waals surface area (Å²) >= 11 is 0. The Morgan fingerprint density at radius 2 is 1.61 bits per heavy atom. The van der Waals surface area contributed by atoms with Crippen LogP contribution < -0.4 is 25.0 Å². The molecule has 1 fully saturated rings. The quantitative estimate of drug-likeness (QED) is 0.673. The van der Waals surface area contributed by atoms with Crippen LogP contribution in [0.1, 0.15) is 18.9 Å². The van der Waals surface area contributed by atoms with E-state index in [0.717, 1.165) is 11.3 Å². The summed E-state index contributed by atoms with van der Waals surface area (Å²) in [5.74, 6) is 0.204. The maximum absolute atomic E-state index is 12.6. The minimum atomic E-state index is -0.712. The van der Waals surface area contributed by atoms with Gasteiger partial charge in [-0.2, -0.15) is 0 Å². The predicted molar refractivity (Wildman–Crippen MR) is 116 cm³/mol. The second kappa shape index (κ2) is 9.97. The number of ether oxygens (including phenoxy) is 2. The molecular formula is C23H27N3O5. The highest BCUT2D eigenvalue weighted by Crippen LogP contribution is 2.27. The Hall–Kier alpha value is -3.55. The number of methoxy groups -OCH3 is 2. The van der Waals surface area contributed by atoms with E-state index in [2.05, 4.69) is 10.6 Å². The first-order chi connectivity index (χ1) is 14.9. The van der Waals surface area contributed by atoms with E-state index >= 15 is 0 Å². The Bertz CT molecular complexity index is 927. The van der Waals surface area contributed by atoms with Crippen LogP contribution in [0.5, 0.6) is 11.5 Å². The molecule has 8 nitrogen and oxygen atoms in total. The van der Waals surface area contributed by atoms with Crippen molar-refractivity contribution < 1.29 is 23.9 Å². The lowest BCUT2D eigenvalue weighted by molar-refractivity contribution is -0.131. The zero-order valence-corrected chi connectivity index (χ0v) is 17.9. The van der Waals surface area contributed by atoms with Gasteiger partial charge in [0.1, 0.15) is 17.5 Å². The second-order valence-electron chi connectivity index (χ2n) is 7.40. The summed E-state index contributed by atoms with van der Waals surface area (Å²) in [7, 11) is 3.17. The number of benzene rings is 2. The van der Waals surface area contributed by atoms with Gasteiger partial charge in [0.05, 0.1) is 20.1 Å². The topological polar surface area (TPSA) is 97.0 Å². The molecule has 0 aliphatic carbocycles. The van der Waals surface area contributed by atoms with E-state index in [-0.39, 0.29) is 30.7 Å². The summed E-state index contributed by atoms with van der Waals surface area (Å²) in [5, 5.41) is 5.52. The fourth-order valence-electron chi connectivity index (χ4n) is 3.38. The molecule has 0 aromatic heterocycles. The van der Waals surface area contributed by atoms with Gasteiger partial charge in [-0.3, -0.25) is 14.4 Å². The van der Waals surface area contributed by atoms with E-state index in [0.29, 0.717) is 18.0 Å². The minimum Gasteiger partial charge on any atom is -0.497 e. The lowest BCUT2D eigenvalue weighted by Crippen LogP contribution is -2.46. The molecule has 2 aromatic carbocycles. The second-order valence-corrected chi connectivity index (χ2v) is 7.40. The first-order valence-corrected chi connectivity index (χ1v) is 10.1. The number of carbonyl (C=O) groups excluding carboxylic acids is 3. The molecule has 2 atom stereocenters. The van der Waals surface area contributed by atoms with E-state index in [9.17, 15) is 14.4 Å². The molecular weight excluding hydrogens is 398 g/mol. The fraction of sp³-hybridized carbons (Fsp3) is 0.348. The van der Waals surface area contributed by atoms with Gasteiger partial charge in [0.15, 0.2) is 0 Å². The number of anilines is 1. The average Bonchev–Trinajstić information content (AvgIpc) is 3.19. The molecule has 31 heavy (non-hydrogen) atoms. The maximum Gasteiger partial charge on any atom is 0.242 e. The van der Waals surface area contributed by atoms with Gasteiger partial charge in [0.25, 0.3) is 0 Å². The monoisotopic (exact) mass is 425 g/mol. The third kappa shape index (κ3) is 5.53. The van der Waals surface area contributed by atoms with Crippen LogP contribution in [0.25, 0.3) is 0 Å². The molecule has 0 bridgehead atoms. The molecule has 164 valence electrons. The van der Waals surface area contributed by atoms with Crippen molar-refractivity contribution in [2.24, 2.45) is 5.92 Å². The molecule has 3 rings (SSSR count). The summed E-state index contributed by atoms with van der Waals surface area (Å²) in [5.41, 5.74) is 1.63. The number of nitrogens with zero attached hydrogens (tertiary/aromatic N) is 1. The van der Waals surface area contributed by atoms with Gasteiger partial charge in [-0.15, -0.1) is 0 Å². The van der Waals surface area contributed by atoms with Crippen molar-refractivity contribution in [1.82, 2.24) is 10.6 Å². The lowest BCUT2D eigenvalue weighted by atomic mass is 10.1. The Labute approximate surface area is 181 Å². The van der Waals surface area contributed by atoms with Gasteiger partial charge in [-0.25, -0.2) is 0 Å². The summed E-state index contributed by atoms with van der Waals surface area (Å²) in [6, 6.07) is 13.8. The zero-order chi connectivity index (χ0) is 22.4. The minimum absolute atomic E-state index is 0.109. The summed E-state index contributed by atoms with van der Waals surface area (Å²) in [4.78, 5) is 39.0. The van der Waals surface area contributed by atoms with Crippen LogP contribution in [-0.2, 0) is 20.9 Å². The van der Waals surface area contributed by atoms with E-state index in [1.807, 2.05) is 24.3 Å². The molecule has 0 radical (unpaired) electrons. The molecule has 3 amide bonds. The van der Waals surface area contributed by atoms with E-state index in [1.54, 1.807) is 50.3 Å². The third-order valence-electron chi connectivity index (χ3n) is 5.26. The number of amides is 3. The fourth-order valence-corrected chi connectivity index (χ4v) is 3.38. The molecule has 2 N–H and O–H groups in total. The lowest BCUT2D eigenvalue weighted by Gasteiger charge is -2.18. The Balaban J connectivity index is 1.50. The first-order valence-electron chi connectivity index (χ1n) is 10.1. The van der Waals surface area contributed by atoms with E-state index in [1.165, 1.54) is 0 Å². The van der Waals surface area contributed by atoms with Crippen molar-refractivity contribution >= 4 is 23.4 Å². The van der Waals surface area contributed by atoms with Crippen LogP contribution in [0.4, 0.5) is 5.69 Å². The average molecular weight is 425 g/mol. The van der Waals surface area contributed by atoms with Gasteiger partial charge in [0, 0.05) is 25.2 Å². The molecule has 1 heterocycles. The van der Waals surface area contributed by atoms with E-state index < -0.39 is 12.0 Å². The molecule has 0 saturated carbocycles.